The van der Waals surface area contributed by atoms with Gasteiger partial charge in [0.2, 0.25) is 0 Å². The molecule has 2 aliphatic heterocycles. The van der Waals surface area contributed by atoms with Crippen molar-refractivity contribution >= 4 is 23.9 Å². The molecule has 0 aromatic carbocycles. The molecule has 2 rings (SSSR count). The number of carbonyl (C=O) groups excluding carboxylic acids is 3. The number of ether oxygens (including phenoxy) is 4. The molecule has 0 amide bonds. The van der Waals surface area contributed by atoms with Crippen molar-refractivity contribution < 1.29 is 84.4 Å². The van der Waals surface area contributed by atoms with E-state index < -0.39 is 128 Å². The highest BCUT2D eigenvalue weighted by molar-refractivity contribution is 5.91. The second-order valence-electron chi connectivity index (χ2n) is 24.1. The quantitative estimate of drug-likeness (QED) is 0.0153. The van der Waals surface area contributed by atoms with Crippen LogP contribution in [0.5, 0.6) is 0 Å². The molecular weight excluding hydrogens is 1080 g/mol. The molecule has 1 saturated heterocycles. The number of guanidine groups is 1. The van der Waals surface area contributed by atoms with Crippen molar-refractivity contribution in [1.29, 1.82) is 0 Å². The molecule has 0 saturated carbocycles. The zero-order valence-corrected chi connectivity index (χ0v) is 52.4. The summed E-state index contributed by atoms with van der Waals surface area (Å²) in [6.07, 6.45) is 4.53. The van der Waals surface area contributed by atoms with E-state index in [0.29, 0.717) is 11.1 Å². The lowest BCUT2D eigenvalue weighted by Gasteiger charge is -2.45. The lowest BCUT2D eigenvalue weighted by atomic mass is 9.84. The summed E-state index contributed by atoms with van der Waals surface area (Å²) >= 11 is 0. The molecule has 19 unspecified atom stereocenters. The molecule has 12 N–H and O–H groups in total. The highest BCUT2D eigenvalue weighted by Gasteiger charge is 2.50. The van der Waals surface area contributed by atoms with Gasteiger partial charge in [-0.25, -0.2) is 4.79 Å². The summed E-state index contributed by atoms with van der Waals surface area (Å²) in [5.74, 6) is -6.05. The zero-order chi connectivity index (χ0) is 63.1. The average molecular weight is 1190 g/mol. The van der Waals surface area contributed by atoms with E-state index in [9.17, 15) is 65.4 Å². The number of hydrogen-bond acceptors (Lipinski definition) is 18. The molecule has 19 atom stereocenters. The Labute approximate surface area is 501 Å². The number of esters is 3. The van der Waals surface area contributed by atoms with E-state index in [4.69, 9.17) is 18.9 Å². The summed E-state index contributed by atoms with van der Waals surface area (Å²) in [6, 6.07) is 0. The van der Waals surface area contributed by atoms with Crippen LogP contribution in [0.3, 0.4) is 0 Å². The highest BCUT2D eigenvalue weighted by atomic mass is 16.7. The largest absolute Gasteiger partial charge is 0.465 e. The number of nitrogens with one attached hydrogen (secondary N) is 2. The standard InChI is InChI=1S/C64H111N3O17/c1-12-22-47(13-2)39-81-58(76)37-59(77)82-50-32-48(68)31-49(69)33-53(71)40(3)24-20-26-44(7)60(43(6)23-18-16-14-15-17-19-30-67-63(65-10)66-11)83-62(79)45(8)27-21-25-41(4)54(72)36-55(73)46(9)52(70)29-28-42(5)57(75)38-64(80)61(78)56(74)35-51(34-50)84-64/h14-15,20-21,24-27,41-44,46-57,60-61,68-75,78,80H,12-13,16-19,22-23,28-39H2,1-11H3,(H2,65,66,67). The molecule has 84 heavy (non-hydrogen) atoms. The fourth-order valence-corrected chi connectivity index (χ4v) is 10.7. The van der Waals surface area contributed by atoms with E-state index in [1.807, 2.05) is 40.8 Å². The third kappa shape index (κ3) is 28.6. The number of rotatable bonds is 17. The number of aliphatic hydroxyl groups excluding tert-OH is 9. The SMILES string of the molecule is CCCC(CC)COC(=O)CC(=O)OC1CC(O)CC(O)CC(O)C(C)=CC=CC(C)C(C(C)CCCC=CCCCNC(=NC)NC)OC(=O)C(C)=CC=CC(C)C(O)CC(O)C(C)C(O)CCC(C)C(O)CC2(O)OC(C1)CC(O)C2O. The number of unbranched alkanes of at least 4 members (excludes halogenated alkanes) is 2. The summed E-state index contributed by atoms with van der Waals surface area (Å²) < 4.78 is 23.4. The first-order chi connectivity index (χ1) is 39.7. The lowest BCUT2D eigenvalue weighted by molar-refractivity contribution is -0.333. The van der Waals surface area contributed by atoms with E-state index in [1.165, 1.54) is 0 Å². The third-order valence-corrected chi connectivity index (χ3v) is 16.7. The molecule has 2 heterocycles. The molecule has 0 spiro atoms. The Kier molecular flexibility index (Phi) is 36.6. The van der Waals surface area contributed by atoms with Gasteiger partial charge in [-0.1, -0.05) is 110 Å². The van der Waals surface area contributed by atoms with Crippen molar-refractivity contribution in [2.75, 3.05) is 27.2 Å². The minimum absolute atomic E-state index is 0.0547. The normalized spacial score (nSPS) is 33.8. The van der Waals surface area contributed by atoms with Gasteiger partial charge in [-0.2, -0.15) is 0 Å². The van der Waals surface area contributed by atoms with E-state index in [0.717, 1.165) is 63.9 Å². The predicted octanol–water partition coefficient (Wildman–Crippen LogP) is 5.92. The summed E-state index contributed by atoms with van der Waals surface area (Å²) in [5, 5.41) is 119. The second kappa shape index (κ2) is 40.4. The molecule has 0 radical (unpaired) electrons. The van der Waals surface area contributed by atoms with Crippen molar-refractivity contribution in [2.45, 2.75) is 257 Å². The number of cyclic esters (lactones) is 1. The summed E-state index contributed by atoms with van der Waals surface area (Å²) in [7, 11) is 3.54. The molecular formula is C64H111N3O17. The van der Waals surface area contributed by atoms with Crippen LogP contribution in [0.25, 0.3) is 0 Å². The highest BCUT2D eigenvalue weighted by Crippen LogP contribution is 2.36. The van der Waals surface area contributed by atoms with Crippen LogP contribution in [0.15, 0.2) is 64.7 Å². The van der Waals surface area contributed by atoms with Crippen LogP contribution in [-0.4, -0.2) is 181 Å². The van der Waals surface area contributed by atoms with Crippen molar-refractivity contribution in [3.05, 3.63) is 59.8 Å². The molecule has 20 nitrogen and oxygen atoms in total. The first-order valence-corrected chi connectivity index (χ1v) is 31.0. The first kappa shape index (κ1) is 76.0. The predicted molar refractivity (Wildman–Crippen MR) is 324 cm³/mol. The molecule has 1 fully saturated rings. The third-order valence-electron chi connectivity index (χ3n) is 16.7. The number of fused-ring (bicyclic) bond motifs is 2. The number of aliphatic hydroxyl groups is 10. The van der Waals surface area contributed by atoms with Crippen molar-refractivity contribution in [2.24, 2.45) is 40.5 Å². The van der Waals surface area contributed by atoms with Crippen LogP contribution in [-0.2, 0) is 33.3 Å². The van der Waals surface area contributed by atoms with Crippen LogP contribution >= 0.6 is 0 Å². The summed E-state index contributed by atoms with van der Waals surface area (Å²) in [6.45, 7) is 17.3. The van der Waals surface area contributed by atoms with Crippen LogP contribution in [0, 0.1) is 35.5 Å². The maximum Gasteiger partial charge on any atom is 0.334 e. The number of allylic oxidation sites excluding steroid dienone is 6. The van der Waals surface area contributed by atoms with Gasteiger partial charge in [0.05, 0.1) is 61.5 Å². The molecule has 2 bridgehead atoms. The number of nitrogens with zero attached hydrogens (tertiary/aromatic N) is 1. The topological polar surface area (TPSA) is 327 Å². The van der Waals surface area contributed by atoms with Crippen molar-refractivity contribution in [3.8, 4) is 0 Å². The minimum atomic E-state index is -2.51. The Morgan fingerprint density at radius 2 is 1.44 bits per heavy atom. The molecule has 0 aliphatic carbocycles. The lowest BCUT2D eigenvalue weighted by Crippen LogP contribution is -2.60. The van der Waals surface area contributed by atoms with E-state index in [-0.39, 0.29) is 75.7 Å². The molecule has 20 heteroatoms. The van der Waals surface area contributed by atoms with Gasteiger partial charge in [-0.05, 0) is 95.0 Å². The van der Waals surface area contributed by atoms with Crippen LogP contribution in [0.1, 0.15) is 178 Å². The molecule has 484 valence electrons. The summed E-state index contributed by atoms with van der Waals surface area (Å²) in [5.41, 5.74) is 0.832. The van der Waals surface area contributed by atoms with Gasteiger partial charge in [-0.3, -0.25) is 14.6 Å². The fourth-order valence-electron chi connectivity index (χ4n) is 10.7. The Morgan fingerprint density at radius 3 is 2.10 bits per heavy atom. The van der Waals surface area contributed by atoms with Crippen LogP contribution in [0.4, 0.5) is 0 Å². The smallest absolute Gasteiger partial charge is 0.334 e. The van der Waals surface area contributed by atoms with Gasteiger partial charge in [0.1, 0.15) is 24.7 Å². The first-order valence-electron chi connectivity index (χ1n) is 31.0. The minimum Gasteiger partial charge on any atom is -0.465 e. The van der Waals surface area contributed by atoms with Gasteiger partial charge in [0.15, 0.2) is 11.7 Å². The average Bonchev–Trinajstić information content (AvgIpc) is 1.69. The summed E-state index contributed by atoms with van der Waals surface area (Å²) in [4.78, 5) is 44.0. The maximum atomic E-state index is 13.7. The van der Waals surface area contributed by atoms with Crippen LogP contribution < -0.4 is 10.6 Å². The fraction of sp³-hybridized carbons (Fsp3) is 0.781. The maximum absolute atomic E-state index is 13.7. The monoisotopic (exact) mass is 1190 g/mol. The van der Waals surface area contributed by atoms with Gasteiger partial charge >= 0.3 is 17.9 Å². The Morgan fingerprint density at radius 1 is 0.786 bits per heavy atom. The zero-order valence-electron chi connectivity index (χ0n) is 52.4. The van der Waals surface area contributed by atoms with E-state index in [2.05, 4.69) is 27.8 Å². The Bertz CT molecular complexity index is 2080. The number of aliphatic imine (C=N–C) groups is 1. The van der Waals surface area contributed by atoms with Gasteiger partial charge in [0.25, 0.3) is 0 Å². The number of hydrogen-bond donors (Lipinski definition) is 12. The van der Waals surface area contributed by atoms with E-state index >= 15 is 0 Å². The Hall–Kier alpha value is -4.06. The van der Waals surface area contributed by atoms with Crippen molar-refractivity contribution in [3.63, 3.8) is 0 Å². The molecule has 0 aromatic rings. The molecule has 2 aliphatic rings. The Balaban J connectivity index is 2.47. The van der Waals surface area contributed by atoms with Gasteiger partial charge in [0, 0.05) is 82.5 Å². The van der Waals surface area contributed by atoms with Crippen molar-refractivity contribution in [1.82, 2.24) is 10.6 Å². The molecule has 0 aromatic heterocycles. The van der Waals surface area contributed by atoms with E-state index in [1.54, 1.807) is 72.0 Å². The second-order valence-corrected chi connectivity index (χ2v) is 24.1. The van der Waals surface area contributed by atoms with Gasteiger partial charge < -0.3 is 80.6 Å². The van der Waals surface area contributed by atoms with Crippen LogP contribution in [0.2, 0.25) is 0 Å². The van der Waals surface area contributed by atoms with Gasteiger partial charge in [-0.15, -0.1) is 0 Å². The number of carbonyl (C=O) groups is 3.